The van der Waals surface area contributed by atoms with Gasteiger partial charge < -0.3 is 5.41 Å². The molecule has 0 atom stereocenters. The number of amides is 2. The number of hydrogen-bond donors (Lipinski definition) is 1. The Kier molecular flexibility index (Phi) is 3.45. The molecule has 0 aromatic rings. The van der Waals surface area contributed by atoms with Crippen LogP contribution in [0.4, 0.5) is 0 Å². The highest BCUT2D eigenvalue weighted by Crippen LogP contribution is 2.30. The summed E-state index contributed by atoms with van der Waals surface area (Å²) in [7, 11) is 0. The molecule has 96 valence electrons. The molecular formula is C14H18N2O2. The molecule has 1 aliphatic heterocycles. The van der Waals surface area contributed by atoms with E-state index in [2.05, 4.69) is 6.58 Å². The fraction of sp³-hybridized carbons (Fsp3) is 0.500. The zero-order chi connectivity index (χ0) is 13.3. The molecule has 2 aliphatic rings. The standard InChI is InChI=1S/C14H18N2O2/c1-3-11-12(4-2)14(18)16(13(11)17)10-7-5-9(15)6-8-10/h3,10,15H,1,4-8H2,2H3. The van der Waals surface area contributed by atoms with E-state index >= 15 is 0 Å². The van der Waals surface area contributed by atoms with Crippen molar-refractivity contribution in [2.75, 3.05) is 0 Å². The Labute approximate surface area is 107 Å². The van der Waals surface area contributed by atoms with Crippen LogP contribution in [-0.2, 0) is 9.59 Å². The van der Waals surface area contributed by atoms with Gasteiger partial charge in [-0.1, -0.05) is 19.6 Å². The highest BCUT2D eigenvalue weighted by Gasteiger charge is 2.40. The van der Waals surface area contributed by atoms with Crippen LogP contribution in [0.15, 0.2) is 23.8 Å². The summed E-state index contributed by atoms with van der Waals surface area (Å²) in [6.45, 7) is 5.50. The fourth-order valence-corrected chi connectivity index (χ4v) is 2.70. The molecule has 0 aromatic carbocycles. The van der Waals surface area contributed by atoms with E-state index in [1.165, 1.54) is 11.0 Å². The molecule has 0 bridgehead atoms. The van der Waals surface area contributed by atoms with Crippen LogP contribution in [0.2, 0.25) is 0 Å². The number of nitrogens with one attached hydrogen (secondary N) is 1. The highest BCUT2D eigenvalue weighted by molar-refractivity contribution is 6.20. The maximum atomic E-state index is 12.2. The lowest BCUT2D eigenvalue weighted by Crippen LogP contribution is -2.43. The summed E-state index contributed by atoms with van der Waals surface area (Å²) in [5, 5.41) is 7.59. The molecule has 4 heteroatoms. The largest absolute Gasteiger partial charge is 0.310 e. The number of rotatable bonds is 3. The van der Waals surface area contributed by atoms with Crippen molar-refractivity contribution in [1.29, 1.82) is 5.41 Å². The average Bonchev–Trinajstić information content (AvgIpc) is 2.61. The van der Waals surface area contributed by atoms with Crippen LogP contribution in [0.25, 0.3) is 0 Å². The van der Waals surface area contributed by atoms with E-state index in [-0.39, 0.29) is 17.9 Å². The first-order valence-electron chi connectivity index (χ1n) is 6.39. The van der Waals surface area contributed by atoms with Crippen molar-refractivity contribution < 1.29 is 9.59 Å². The molecule has 0 aromatic heterocycles. The molecule has 1 saturated carbocycles. The second-order valence-corrected chi connectivity index (χ2v) is 4.76. The zero-order valence-electron chi connectivity index (χ0n) is 10.7. The van der Waals surface area contributed by atoms with Gasteiger partial charge in [-0.3, -0.25) is 14.5 Å². The van der Waals surface area contributed by atoms with Gasteiger partial charge in [0.05, 0.1) is 0 Å². The van der Waals surface area contributed by atoms with Gasteiger partial charge in [0.25, 0.3) is 11.8 Å². The molecule has 0 unspecified atom stereocenters. The van der Waals surface area contributed by atoms with Crippen LogP contribution < -0.4 is 0 Å². The van der Waals surface area contributed by atoms with Gasteiger partial charge in [0.1, 0.15) is 0 Å². The Balaban J connectivity index is 2.22. The lowest BCUT2D eigenvalue weighted by atomic mass is 9.92. The zero-order valence-corrected chi connectivity index (χ0v) is 10.7. The highest BCUT2D eigenvalue weighted by atomic mass is 16.2. The van der Waals surface area contributed by atoms with Crippen LogP contribution >= 0.6 is 0 Å². The predicted molar refractivity (Wildman–Crippen MR) is 69.3 cm³/mol. The summed E-state index contributed by atoms with van der Waals surface area (Å²) in [4.78, 5) is 25.9. The van der Waals surface area contributed by atoms with E-state index in [1.807, 2.05) is 6.92 Å². The third-order valence-electron chi connectivity index (χ3n) is 3.73. The van der Waals surface area contributed by atoms with Gasteiger partial charge in [-0.05, 0) is 32.1 Å². The topological polar surface area (TPSA) is 61.2 Å². The number of nitrogens with zero attached hydrogens (tertiary/aromatic N) is 1. The molecular weight excluding hydrogens is 228 g/mol. The van der Waals surface area contributed by atoms with E-state index in [9.17, 15) is 9.59 Å². The van der Waals surface area contributed by atoms with Crippen molar-refractivity contribution in [2.24, 2.45) is 0 Å². The molecule has 1 fully saturated rings. The van der Waals surface area contributed by atoms with Gasteiger partial charge in [-0.2, -0.15) is 0 Å². The summed E-state index contributed by atoms with van der Waals surface area (Å²) in [6, 6.07) is -0.0434. The van der Waals surface area contributed by atoms with E-state index in [0.29, 0.717) is 30.4 Å². The molecule has 4 nitrogen and oxygen atoms in total. The Bertz CT molecular complexity index is 452. The number of carbonyl (C=O) groups is 2. The Morgan fingerprint density at radius 3 is 2.39 bits per heavy atom. The summed E-state index contributed by atoms with van der Waals surface area (Å²) in [6.07, 6.45) is 4.86. The minimum absolute atomic E-state index is 0.0434. The Morgan fingerprint density at radius 2 is 1.94 bits per heavy atom. The van der Waals surface area contributed by atoms with Crippen LogP contribution in [0.3, 0.4) is 0 Å². The molecule has 1 heterocycles. The maximum Gasteiger partial charge on any atom is 0.261 e. The van der Waals surface area contributed by atoms with Gasteiger partial charge in [0, 0.05) is 22.9 Å². The van der Waals surface area contributed by atoms with Crippen molar-refractivity contribution >= 4 is 17.5 Å². The number of hydrogen-bond acceptors (Lipinski definition) is 3. The smallest absolute Gasteiger partial charge is 0.261 e. The number of carbonyl (C=O) groups excluding carboxylic acids is 2. The molecule has 18 heavy (non-hydrogen) atoms. The van der Waals surface area contributed by atoms with Crippen molar-refractivity contribution in [3.05, 3.63) is 23.8 Å². The van der Waals surface area contributed by atoms with Crippen LogP contribution in [0.5, 0.6) is 0 Å². The van der Waals surface area contributed by atoms with Crippen LogP contribution in [0, 0.1) is 5.41 Å². The van der Waals surface area contributed by atoms with Crippen molar-refractivity contribution in [2.45, 2.75) is 45.1 Å². The Hall–Kier alpha value is -1.71. The van der Waals surface area contributed by atoms with Gasteiger partial charge in [0.15, 0.2) is 0 Å². The third kappa shape index (κ3) is 1.92. The Morgan fingerprint density at radius 1 is 1.33 bits per heavy atom. The molecule has 2 amide bonds. The van der Waals surface area contributed by atoms with Crippen LogP contribution in [0.1, 0.15) is 39.0 Å². The van der Waals surface area contributed by atoms with Gasteiger partial charge >= 0.3 is 0 Å². The van der Waals surface area contributed by atoms with E-state index in [0.717, 1.165) is 18.6 Å². The number of imide groups is 1. The molecule has 0 spiro atoms. The molecule has 1 aliphatic carbocycles. The summed E-state index contributed by atoms with van der Waals surface area (Å²) in [5.41, 5.74) is 1.76. The lowest BCUT2D eigenvalue weighted by molar-refractivity contribution is -0.140. The first-order chi connectivity index (χ1) is 8.60. The van der Waals surface area contributed by atoms with Crippen molar-refractivity contribution in [3.63, 3.8) is 0 Å². The normalized spacial score (nSPS) is 25.1. The summed E-state index contributed by atoms with van der Waals surface area (Å²) in [5.74, 6) is -0.360. The van der Waals surface area contributed by atoms with E-state index in [1.54, 1.807) is 0 Å². The second-order valence-electron chi connectivity index (χ2n) is 4.76. The minimum atomic E-state index is -0.203. The van der Waals surface area contributed by atoms with Crippen molar-refractivity contribution in [1.82, 2.24) is 4.90 Å². The molecule has 1 N–H and O–H groups in total. The third-order valence-corrected chi connectivity index (χ3v) is 3.73. The average molecular weight is 246 g/mol. The first-order valence-corrected chi connectivity index (χ1v) is 6.39. The lowest BCUT2D eigenvalue weighted by Gasteiger charge is -2.30. The van der Waals surface area contributed by atoms with Gasteiger partial charge in [-0.15, -0.1) is 0 Å². The fourth-order valence-electron chi connectivity index (χ4n) is 2.70. The summed E-state index contributed by atoms with van der Waals surface area (Å²) >= 11 is 0. The SMILES string of the molecule is C=CC1=C(CC)C(=O)N(C2CCC(=N)CC2)C1=O. The summed E-state index contributed by atoms with van der Waals surface area (Å²) < 4.78 is 0. The van der Waals surface area contributed by atoms with E-state index in [4.69, 9.17) is 5.41 Å². The minimum Gasteiger partial charge on any atom is -0.310 e. The second kappa shape index (κ2) is 4.88. The van der Waals surface area contributed by atoms with Gasteiger partial charge in [0.2, 0.25) is 0 Å². The maximum absolute atomic E-state index is 12.2. The molecule has 0 saturated heterocycles. The molecule has 2 rings (SSSR count). The van der Waals surface area contributed by atoms with Gasteiger partial charge in [-0.25, -0.2) is 0 Å². The molecule has 0 radical (unpaired) electrons. The van der Waals surface area contributed by atoms with Crippen molar-refractivity contribution in [3.8, 4) is 0 Å². The predicted octanol–water partition coefficient (Wildman–Crippen LogP) is 2.21. The van der Waals surface area contributed by atoms with E-state index < -0.39 is 0 Å². The van der Waals surface area contributed by atoms with Crippen LogP contribution in [-0.4, -0.2) is 28.5 Å². The monoisotopic (exact) mass is 246 g/mol. The quantitative estimate of drug-likeness (QED) is 0.776. The first kappa shape index (κ1) is 12.7.